The van der Waals surface area contributed by atoms with Gasteiger partial charge in [0.25, 0.3) is 0 Å². The normalized spacial score (nSPS) is 15.7. The average molecular weight is 515 g/mol. The van der Waals surface area contributed by atoms with Crippen LogP contribution in [0.1, 0.15) is 18.1 Å². The highest BCUT2D eigenvalue weighted by Crippen LogP contribution is 2.45. The van der Waals surface area contributed by atoms with Crippen molar-refractivity contribution in [1.82, 2.24) is 4.57 Å². The number of aromatic nitrogens is 1. The van der Waals surface area contributed by atoms with E-state index in [9.17, 15) is 15.0 Å². The van der Waals surface area contributed by atoms with Crippen LogP contribution in [0, 0.1) is 0 Å². The van der Waals surface area contributed by atoms with E-state index in [1.54, 1.807) is 30.0 Å². The van der Waals surface area contributed by atoms with Crippen molar-refractivity contribution in [1.29, 1.82) is 0 Å². The van der Waals surface area contributed by atoms with Crippen LogP contribution in [0.5, 0.6) is 5.75 Å². The van der Waals surface area contributed by atoms with Gasteiger partial charge in [0.1, 0.15) is 12.3 Å². The van der Waals surface area contributed by atoms with E-state index in [-0.39, 0.29) is 18.9 Å². The molecule has 0 saturated heterocycles. The standard InChI is InChI=1S/C30H27ClN2O4/c1-3-37-29(35)18-33-27-16-26(31)23(15-24(27)25(30(33)36)14-19-12-13-32(2)17-19)21-10-8-20(9-11-21)22-6-4-5-7-28(22)34/h4-17,30,34,36H,3,18H2,1-2H3. The van der Waals surface area contributed by atoms with Gasteiger partial charge in [0, 0.05) is 47.4 Å². The van der Waals surface area contributed by atoms with Crippen molar-refractivity contribution in [2.75, 3.05) is 18.1 Å². The highest BCUT2D eigenvalue weighted by atomic mass is 35.5. The highest BCUT2D eigenvalue weighted by Gasteiger charge is 2.35. The van der Waals surface area contributed by atoms with E-state index in [0.29, 0.717) is 16.3 Å². The van der Waals surface area contributed by atoms with Crippen LogP contribution in [0.15, 0.2) is 79.1 Å². The van der Waals surface area contributed by atoms with Gasteiger partial charge in [-0.3, -0.25) is 4.79 Å². The number of anilines is 1. The Hall–Kier alpha value is -4.00. The van der Waals surface area contributed by atoms with Crippen LogP contribution < -0.4 is 4.90 Å². The van der Waals surface area contributed by atoms with Gasteiger partial charge in [0.05, 0.1) is 11.6 Å². The molecule has 0 aliphatic carbocycles. The van der Waals surface area contributed by atoms with Crippen molar-refractivity contribution < 1.29 is 19.7 Å². The highest BCUT2D eigenvalue weighted by molar-refractivity contribution is 6.34. The number of hydrogen-bond acceptors (Lipinski definition) is 5. The van der Waals surface area contributed by atoms with Crippen LogP contribution in [0.4, 0.5) is 5.69 Å². The summed E-state index contributed by atoms with van der Waals surface area (Å²) in [7, 11) is 1.94. The summed E-state index contributed by atoms with van der Waals surface area (Å²) in [5, 5.41) is 22.0. The number of para-hydroxylation sites is 1. The summed E-state index contributed by atoms with van der Waals surface area (Å²) in [5.41, 5.74) is 6.41. The zero-order chi connectivity index (χ0) is 26.1. The first-order valence-electron chi connectivity index (χ1n) is 12.0. The number of carbonyl (C=O) groups excluding carboxylic acids is 1. The number of fused-ring (bicyclic) bond motifs is 1. The minimum absolute atomic E-state index is 0.0981. The van der Waals surface area contributed by atoms with E-state index in [1.165, 1.54) is 0 Å². The van der Waals surface area contributed by atoms with Gasteiger partial charge in [0.2, 0.25) is 0 Å². The molecule has 1 aliphatic heterocycles. The summed E-state index contributed by atoms with van der Waals surface area (Å²) in [6, 6.07) is 20.7. The van der Waals surface area contributed by atoms with Crippen LogP contribution >= 0.6 is 11.6 Å². The van der Waals surface area contributed by atoms with Gasteiger partial charge in [-0.25, -0.2) is 0 Å². The van der Waals surface area contributed by atoms with Crippen molar-refractivity contribution >= 4 is 34.9 Å². The number of nitrogens with zero attached hydrogens (tertiary/aromatic N) is 2. The third-order valence-electron chi connectivity index (χ3n) is 6.47. The molecule has 5 rings (SSSR count). The molecule has 1 unspecified atom stereocenters. The number of benzene rings is 3. The Morgan fingerprint density at radius 3 is 2.38 bits per heavy atom. The maximum absolute atomic E-state index is 12.3. The first-order chi connectivity index (χ1) is 17.9. The third kappa shape index (κ3) is 4.86. The topological polar surface area (TPSA) is 74.9 Å². The van der Waals surface area contributed by atoms with Crippen LogP contribution in [0.3, 0.4) is 0 Å². The molecule has 2 N–H and O–H groups in total. The number of rotatable bonds is 6. The third-order valence-corrected chi connectivity index (χ3v) is 6.78. The summed E-state index contributed by atoms with van der Waals surface area (Å²) in [6.07, 6.45) is 4.79. The van der Waals surface area contributed by atoms with Crippen molar-refractivity contribution in [2.24, 2.45) is 7.05 Å². The second-order valence-corrected chi connectivity index (χ2v) is 9.37. The molecule has 7 heteroatoms. The molecule has 0 saturated carbocycles. The zero-order valence-corrected chi connectivity index (χ0v) is 21.3. The summed E-state index contributed by atoms with van der Waals surface area (Å²) < 4.78 is 7.07. The first-order valence-corrected chi connectivity index (χ1v) is 12.4. The Morgan fingerprint density at radius 2 is 1.73 bits per heavy atom. The van der Waals surface area contributed by atoms with E-state index in [1.807, 2.05) is 78.6 Å². The maximum atomic E-state index is 12.3. The lowest BCUT2D eigenvalue weighted by Crippen LogP contribution is -2.36. The van der Waals surface area contributed by atoms with Crippen LogP contribution in [0.25, 0.3) is 33.9 Å². The molecule has 188 valence electrons. The van der Waals surface area contributed by atoms with E-state index >= 15 is 0 Å². The van der Waals surface area contributed by atoms with Gasteiger partial charge in [-0.05, 0) is 54.0 Å². The van der Waals surface area contributed by atoms with Crippen molar-refractivity contribution in [3.63, 3.8) is 0 Å². The Balaban J connectivity index is 1.57. The fourth-order valence-electron chi connectivity index (χ4n) is 4.70. The predicted molar refractivity (Wildman–Crippen MR) is 147 cm³/mol. The smallest absolute Gasteiger partial charge is 0.325 e. The van der Waals surface area contributed by atoms with Crippen LogP contribution in [-0.4, -0.2) is 40.1 Å². The number of phenols is 1. The molecule has 3 aromatic carbocycles. The number of aryl methyl sites for hydroxylation is 1. The fourth-order valence-corrected chi connectivity index (χ4v) is 4.97. The van der Waals surface area contributed by atoms with Crippen LogP contribution in [0.2, 0.25) is 5.02 Å². The molecular formula is C30H27ClN2O4. The number of esters is 1. The molecule has 4 aromatic rings. The number of halogens is 1. The average Bonchev–Trinajstić information content (AvgIpc) is 3.40. The molecule has 6 nitrogen and oxygen atoms in total. The largest absolute Gasteiger partial charge is 0.507 e. The minimum Gasteiger partial charge on any atom is -0.507 e. The van der Waals surface area contributed by atoms with Crippen LogP contribution in [-0.2, 0) is 16.6 Å². The SMILES string of the molecule is CCOC(=O)CN1c2cc(Cl)c(-c3ccc(-c4ccccc4O)cc3)cc2C(=Cc2ccn(C)c2)C1O. The number of aliphatic hydroxyl groups excluding tert-OH is 1. The minimum atomic E-state index is -1.03. The molecule has 0 bridgehead atoms. The van der Waals surface area contributed by atoms with E-state index in [0.717, 1.165) is 33.4 Å². The van der Waals surface area contributed by atoms with Gasteiger partial charge in [0.15, 0.2) is 6.23 Å². The molecule has 0 amide bonds. The van der Waals surface area contributed by atoms with Crippen molar-refractivity contribution in [2.45, 2.75) is 13.2 Å². The summed E-state index contributed by atoms with van der Waals surface area (Å²) in [6.45, 7) is 1.92. The summed E-state index contributed by atoms with van der Waals surface area (Å²) in [4.78, 5) is 13.9. The number of hydrogen-bond donors (Lipinski definition) is 2. The lowest BCUT2D eigenvalue weighted by Gasteiger charge is -2.23. The maximum Gasteiger partial charge on any atom is 0.325 e. The lowest BCUT2D eigenvalue weighted by molar-refractivity contribution is -0.141. The lowest BCUT2D eigenvalue weighted by atomic mass is 9.96. The summed E-state index contributed by atoms with van der Waals surface area (Å²) >= 11 is 6.76. The van der Waals surface area contributed by atoms with Crippen molar-refractivity contribution in [3.8, 4) is 28.0 Å². The fraction of sp³-hybridized carbons (Fsp3) is 0.167. The molecule has 1 aliphatic rings. The second-order valence-electron chi connectivity index (χ2n) is 8.96. The molecule has 0 spiro atoms. The molecule has 0 radical (unpaired) electrons. The quantitative estimate of drug-likeness (QED) is 0.310. The molecule has 37 heavy (non-hydrogen) atoms. The number of phenolic OH excluding ortho intramolecular Hbond substituents is 1. The van der Waals surface area contributed by atoms with Gasteiger partial charge in [-0.1, -0.05) is 54.1 Å². The Morgan fingerprint density at radius 1 is 1.03 bits per heavy atom. The molecular weight excluding hydrogens is 488 g/mol. The van der Waals surface area contributed by atoms with E-state index in [4.69, 9.17) is 16.3 Å². The van der Waals surface area contributed by atoms with Gasteiger partial charge in [-0.2, -0.15) is 0 Å². The monoisotopic (exact) mass is 514 g/mol. The molecule has 2 heterocycles. The second kappa shape index (κ2) is 10.2. The van der Waals surface area contributed by atoms with Gasteiger partial charge < -0.3 is 24.4 Å². The van der Waals surface area contributed by atoms with E-state index < -0.39 is 12.2 Å². The number of aliphatic hydroxyl groups is 1. The Bertz CT molecular complexity index is 1490. The van der Waals surface area contributed by atoms with Gasteiger partial charge in [-0.15, -0.1) is 0 Å². The Kier molecular flexibility index (Phi) is 6.78. The number of ether oxygens (including phenoxy) is 1. The Labute approximate surface area is 220 Å². The summed E-state index contributed by atoms with van der Waals surface area (Å²) in [5.74, 6) is -0.203. The first kappa shape index (κ1) is 24.7. The number of aromatic hydroxyl groups is 1. The number of carbonyl (C=O) groups is 1. The molecule has 1 atom stereocenters. The van der Waals surface area contributed by atoms with Gasteiger partial charge >= 0.3 is 5.97 Å². The predicted octanol–water partition coefficient (Wildman–Crippen LogP) is 5.96. The van der Waals surface area contributed by atoms with Crippen molar-refractivity contribution in [3.05, 3.63) is 95.3 Å². The van der Waals surface area contributed by atoms with E-state index in [2.05, 4.69) is 0 Å². The molecule has 1 aromatic heterocycles. The molecule has 0 fully saturated rings. The zero-order valence-electron chi connectivity index (χ0n) is 20.6.